The van der Waals surface area contributed by atoms with E-state index in [1.165, 1.54) is 17.9 Å². The summed E-state index contributed by atoms with van der Waals surface area (Å²) >= 11 is 0. The molecule has 30 heavy (non-hydrogen) atoms. The fourth-order valence-electron chi connectivity index (χ4n) is 3.55. The lowest BCUT2D eigenvalue weighted by atomic mass is 10.0. The Labute approximate surface area is 174 Å². The summed E-state index contributed by atoms with van der Waals surface area (Å²) in [5, 5.41) is 7.73. The van der Waals surface area contributed by atoms with Crippen LogP contribution in [0.15, 0.2) is 60.8 Å². The predicted octanol–water partition coefficient (Wildman–Crippen LogP) is 2.77. The van der Waals surface area contributed by atoms with Crippen molar-refractivity contribution in [3.8, 4) is 5.69 Å². The van der Waals surface area contributed by atoms with E-state index in [2.05, 4.69) is 15.4 Å². The summed E-state index contributed by atoms with van der Waals surface area (Å²) in [6.07, 6.45) is 3.38. The lowest BCUT2D eigenvalue weighted by molar-refractivity contribution is 0.0593. The first-order valence-corrected chi connectivity index (χ1v) is 9.86. The van der Waals surface area contributed by atoms with Gasteiger partial charge in [0.15, 0.2) is 5.69 Å². The SMILES string of the molecule is COC(=O)c1cc(C(=O)N2CCC(Nc3ccccn3)CC2)n(-c2ccccc2)n1. The summed E-state index contributed by atoms with van der Waals surface area (Å²) in [5.41, 5.74) is 1.16. The minimum atomic E-state index is -0.572. The Kier molecular flexibility index (Phi) is 5.74. The van der Waals surface area contributed by atoms with Crippen LogP contribution in [0.5, 0.6) is 0 Å². The molecule has 3 heterocycles. The first-order valence-electron chi connectivity index (χ1n) is 9.86. The molecule has 0 spiro atoms. The zero-order valence-electron chi connectivity index (χ0n) is 16.7. The van der Waals surface area contributed by atoms with Crippen molar-refractivity contribution in [3.63, 3.8) is 0 Å². The highest BCUT2D eigenvalue weighted by atomic mass is 16.5. The van der Waals surface area contributed by atoms with Gasteiger partial charge in [0.05, 0.1) is 12.8 Å². The number of likely N-dealkylation sites (tertiary alicyclic amines) is 1. The molecule has 1 aromatic carbocycles. The standard InChI is InChI=1S/C22H23N5O3/c1-30-22(29)18-15-19(27(25-18)17-7-3-2-4-8-17)21(28)26-13-10-16(11-14-26)24-20-9-5-6-12-23-20/h2-9,12,15-16H,10-11,13-14H2,1H3,(H,23,24). The quantitative estimate of drug-likeness (QED) is 0.657. The molecule has 0 aliphatic carbocycles. The summed E-state index contributed by atoms with van der Waals surface area (Å²) in [6, 6.07) is 16.8. The number of nitrogens with zero attached hydrogens (tertiary/aromatic N) is 4. The molecular formula is C22H23N5O3. The number of aromatic nitrogens is 3. The number of ether oxygens (including phenoxy) is 1. The van der Waals surface area contributed by atoms with E-state index in [0.29, 0.717) is 24.5 Å². The van der Waals surface area contributed by atoms with Gasteiger partial charge >= 0.3 is 5.97 Å². The zero-order valence-corrected chi connectivity index (χ0v) is 16.7. The molecule has 0 bridgehead atoms. The number of carbonyl (C=O) groups is 2. The first kappa shape index (κ1) is 19.6. The molecular weight excluding hydrogens is 382 g/mol. The predicted molar refractivity (Wildman–Crippen MR) is 112 cm³/mol. The Morgan fingerprint density at radius 1 is 1.07 bits per heavy atom. The molecule has 2 aromatic heterocycles. The number of anilines is 1. The summed E-state index contributed by atoms with van der Waals surface area (Å²) in [4.78, 5) is 31.4. The molecule has 1 aliphatic heterocycles. The first-order chi connectivity index (χ1) is 14.7. The average molecular weight is 405 g/mol. The van der Waals surface area contributed by atoms with Gasteiger partial charge in [-0.3, -0.25) is 4.79 Å². The number of hydrogen-bond acceptors (Lipinski definition) is 6. The van der Waals surface area contributed by atoms with E-state index in [-0.39, 0.29) is 17.6 Å². The topological polar surface area (TPSA) is 89.4 Å². The van der Waals surface area contributed by atoms with E-state index < -0.39 is 5.97 Å². The second kappa shape index (κ2) is 8.77. The number of esters is 1. The molecule has 154 valence electrons. The lowest BCUT2D eigenvalue weighted by Crippen LogP contribution is -2.43. The maximum Gasteiger partial charge on any atom is 0.358 e. The van der Waals surface area contributed by atoms with Crippen LogP contribution in [0, 0.1) is 0 Å². The maximum absolute atomic E-state index is 13.3. The number of carbonyl (C=O) groups excluding carboxylic acids is 2. The van der Waals surface area contributed by atoms with Crippen LogP contribution in [0.25, 0.3) is 5.69 Å². The highest BCUT2D eigenvalue weighted by molar-refractivity contribution is 5.96. The average Bonchev–Trinajstić information content (AvgIpc) is 3.25. The monoisotopic (exact) mass is 405 g/mol. The Balaban J connectivity index is 1.50. The van der Waals surface area contributed by atoms with Crippen molar-refractivity contribution in [1.82, 2.24) is 19.7 Å². The van der Waals surface area contributed by atoms with Crippen LogP contribution < -0.4 is 5.32 Å². The molecule has 1 aliphatic rings. The van der Waals surface area contributed by atoms with Gasteiger partial charge in [-0.1, -0.05) is 24.3 Å². The van der Waals surface area contributed by atoms with Crippen LogP contribution in [-0.2, 0) is 4.74 Å². The third kappa shape index (κ3) is 4.17. The molecule has 1 saturated heterocycles. The fraction of sp³-hybridized carbons (Fsp3) is 0.273. The molecule has 1 N–H and O–H groups in total. The Hall–Kier alpha value is -3.68. The minimum absolute atomic E-state index is 0.108. The molecule has 4 rings (SSSR count). The van der Waals surface area contributed by atoms with Crippen molar-refractivity contribution in [2.45, 2.75) is 18.9 Å². The third-order valence-electron chi connectivity index (χ3n) is 5.12. The van der Waals surface area contributed by atoms with Crippen LogP contribution >= 0.6 is 0 Å². The number of amides is 1. The summed E-state index contributed by atoms with van der Waals surface area (Å²) < 4.78 is 6.29. The van der Waals surface area contributed by atoms with Crippen LogP contribution in [-0.4, -0.2) is 57.8 Å². The number of para-hydroxylation sites is 1. The molecule has 1 amide bonds. The normalized spacial score (nSPS) is 14.4. The van der Waals surface area contributed by atoms with Crippen molar-refractivity contribution in [2.75, 3.05) is 25.5 Å². The third-order valence-corrected chi connectivity index (χ3v) is 5.12. The second-order valence-corrected chi connectivity index (χ2v) is 7.08. The summed E-state index contributed by atoms with van der Waals surface area (Å²) in [5.74, 6) is 0.113. The fourth-order valence-corrected chi connectivity index (χ4v) is 3.55. The number of hydrogen-bond donors (Lipinski definition) is 1. The molecule has 8 nitrogen and oxygen atoms in total. The lowest BCUT2D eigenvalue weighted by Gasteiger charge is -2.32. The summed E-state index contributed by atoms with van der Waals surface area (Å²) in [6.45, 7) is 1.22. The van der Waals surface area contributed by atoms with Crippen molar-refractivity contribution >= 4 is 17.7 Å². The van der Waals surface area contributed by atoms with Crippen LogP contribution in [0.1, 0.15) is 33.8 Å². The zero-order chi connectivity index (χ0) is 20.9. The van der Waals surface area contributed by atoms with Gasteiger partial charge in [0.25, 0.3) is 5.91 Å². The van der Waals surface area contributed by atoms with E-state index in [1.807, 2.05) is 48.5 Å². The van der Waals surface area contributed by atoms with Crippen LogP contribution in [0.2, 0.25) is 0 Å². The number of methoxy groups -OCH3 is 1. The molecule has 0 radical (unpaired) electrons. The van der Waals surface area contributed by atoms with Crippen LogP contribution in [0.3, 0.4) is 0 Å². The van der Waals surface area contributed by atoms with Gasteiger partial charge in [-0.2, -0.15) is 5.10 Å². The minimum Gasteiger partial charge on any atom is -0.464 e. The largest absolute Gasteiger partial charge is 0.464 e. The molecule has 0 saturated carbocycles. The van der Waals surface area contributed by atoms with Crippen LogP contribution in [0.4, 0.5) is 5.82 Å². The smallest absolute Gasteiger partial charge is 0.358 e. The van der Waals surface area contributed by atoms with E-state index in [0.717, 1.165) is 18.7 Å². The number of benzene rings is 1. The molecule has 3 aromatic rings. The van der Waals surface area contributed by atoms with Gasteiger partial charge < -0.3 is 15.0 Å². The van der Waals surface area contributed by atoms with Gasteiger partial charge in [0.1, 0.15) is 11.5 Å². The van der Waals surface area contributed by atoms with Crippen molar-refractivity contribution in [3.05, 3.63) is 72.2 Å². The number of nitrogens with one attached hydrogen (secondary N) is 1. The highest BCUT2D eigenvalue weighted by Gasteiger charge is 2.28. The van der Waals surface area contributed by atoms with Gasteiger partial charge in [0, 0.05) is 31.4 Å². The second-order valence-electron chi connectivity index (χ2n) is 7.08. The van der Waals surface area contributed by atoms with E-state index in [4.69, 9.17) is 4.74 Å². The Morgan fingerprint density at radius 3 is 2.47 bits per heavy atom. The van der Waals surface area contributed by atoms with Gasteiger partial charge in [-0.05, 0) is 37.1 Å². The number of pyridine rings is 1. The number of rotatable bonds is 5. The van der Waals surface area contributed by atoms with Crippen molar-refractivity contribution < 1.29 is 14.3 Å². The molecule has 8 heteroatoms. The van der Waals surface area contributed by atoms with E-state index in [1.54, 1.807) is 11.1 Å². The van der Waals surface area contributed by atoms with Gasteiger partial charge in [-0.15, -0.1) is 0 Å². The van der Waals surface area contributed by atoms with Gasteiger partial charge in [0.2, 0.25) is 0 Å². The maximum atomic E-state index is 13.3. The Bertz CT molecular complexity index is 1010. The summed E-state index contributed by atoms with van der Waals surface area (Å²) in [7, 11) is 1.30. The molecule has 0 atom stereocenters. The molecule has 0 unspecified atom stereocenters. The molecule has 1 fully saturated rings. The highest BCUT2D eigenvalue weighted by Crippen LogP contribution is 2.20. The van der Waals surface area contributed by atoms with E-state index >= 15 is 0 Å². The Morgan fingerprint density at radius 2 is 1.80 bits per heavy atom. The number of piperidine rings is 1. The van der Waals surface area contributed by atoms with Gasteiger partial charge in [-0.25, -0.2) is 14.5 Å². The van der Waals surface area contributed by atoms with Crippen molar-refractivity contribution in [2.24, 2.45) is 0 Å². The van der Waals surface area contributed by atoms with Crippen molar-refractivity contribution in [1.29, 1.82) is 0 Å². The van der Waals surface area contributed by atoms with E-state index in [9.17, 15) is 9.59 Å².